The van der Waals surface area contributed by atoms with Crippen molar-refractivity contribution in [2.24, 2.45) is 5.73 Å². The number of ether oxygens (including phenoxy) is 1. The summed E-state index contributed by atoms with van der Waals surface area (Å²) in [7, 11) is 0. The van der Waals surface area contributed by atoms with Gasteiger partial charge in [0.15, 0.2) is 0 Å². The van der Waals surface area contributed by atoms with Crippen LogP contribution in [0.2, 0.25) is 0 Å². The Morgan fingerprint density at radius 2 is 2.00 bits per heavy atom. The molecule has 0 saturated carbocycles. The molecule has 0 unspecified atom stereocenters. The van der Waals surface area contributed by atoms with E-state index in [4.69, 9.17) is 10.5 Å². The summed E-state index contributed by atoms with van der Waals surface area (Å²) in [6, 6.07) is -0.584. The van der Waals surface area contributed by atoms with Crippen molar-refractivity contribution in [1.82, 2.24) is 4.90 Å². The average Bonchev–Trinajstić information content (AvgIpc) is 2.08. The molecule has 0 aliphatic carbocycles. The fraction of sp³-hybridized carbons (Fsp3) is 0.909. The third-order valence-corrected chi connectivity index (χ3v) is 2.36. The Morgan fingerprint density at radius 1 is 1.50 bits per heavy atom. The van der Waals surface area contributed by atoms with Crippen molar-refractivity contribution in [2.75, 3.05) is 13.2 Å². The number of nitrogens with zero attached hydrogens (tertiary/aromatic N) is 1. The van der Waals surface area contributed by atoms with Crippen LogP contribution in [0.15, 0.2) is 0 Å². The average molecular weight is 232 g/mol. The van der Waals surface area contributed by atoms with Crippen LogP contribution in [-0.4, -0.2) is 46.9 Å². The molecule has 3 N–H and O–H groups in total. The predicted molar refractivity (Wildman–Crippen MR) is 63.5 cm³/mol. The Labute approximate surface area is 97.6 Å². The van der Waals surface area contributed by atoms with Gasteiger partial charge in [-0.2, -0.15) is 0 Å². The number of amides is 1. The summed E-state index contributed by atoms with van der Waals surface area (Å²) in [4.78, 5) is 12.6. The fourth-order valence-corrected chi connectivity index (χ4v) is 1.63. The molecule has 0 fully saturated rings. The second-order valence-electron chi connectivity index (χ2n) is 4.91. The lowest BCUT2D eigenvalue weighted by Crippen LogP contribution is -2.58. The third-order valence-electron chi connectivity index (χ3n) is 2.36. The molecular formula is C11H24N2O3. The van der Waals surface area contributed by atoms with Gasteiger partial charge in [-0.25, -0.2) is 4.79 Å². The van der Waals surface area contributed by atoms with Crippen molar-refractivity contribution in [3.05, 3.63) is 0 Å². The van der Waals surface area contributed by atoms with Crippen molar-refractivity contribution in [1.29, 1.82) is 0 Å². The highest BCUT2D eigenvalue weighted by atomic mass is 16.5. The maximum Gasteiger partial charge on any atom is 0.408 e. The van der Waals surface area contributed by atoms with E-state index in [9.17, 15) is 9.90 Å². The highest BCUT2D eigenvalue weighted by Gasteiger charge is 2.35. The van der Waals surface area contributed by atoms with Gasteiger partial charge in [-0.15, -0.1) is 0 Å². The van der Waals surface area contributed by atoms with Crippen LogP contribution in [0, 0.1) is 0 Å². The van der Waals surface area contributed by atoms with E-state index < -0.39 is 11.6 Å². The normalized spacial score (nSPS) is 15.6. The van der Waals surface area contributed by atoms with Crippen LogP contribution in [0.1, 0.15) is 34.6 Å². The first-order valence-corrected chi connectivity index (χ1v) is 5.57. The number of hydrogen-bond donors (Lipinski definition) is 2. The van der Waals surface area contributed by atoms with Gasteiger partial charge in [0.25, 0.3) is 0 Å². The van der Waals surface area contributed by atoms with Crippen molar-refractivity contribution >= 4 is 6.09 Å². The topological polar surface area (TPSA) is 75.8 Å². The molecule has 0 bridgehead atoms. The van der Waals surface area contributed by atoms with Crippen molar-refractivity contribution in [3.8, 4) is 0 Å². The Bertz CT molecular complexity index is 224. The maximum atomic E-state index is 11.3. The summed E-state index contributed by atoms with van der Waals surface area (Å²) in [5.41, 5.74) is 5.34. The predicted octanol–water partition coefficient (Wildman–Crippen LogP) is 1.52. The number of carbonyl (C=O) groups is 1. The summed E-state index contributed by atoms with van der Waals surface area (Å²) in [5, 5.41) is 9.24. The van der Waals surface area contributed by atoms with E-state index in [0.717, 1.165) is 0 Å². The zero-order valence-corrected chi connectivity index (χ0v) is 10.9. The Kier molecular flexibility index (Phi) is 5.75. The minimum absolute atomic E-state index is 0.262. The van der Waals surface area contributed by atoms with E-state index in [1.165, 1.54) is 4.90 Å². The largest absolute Gasteiger partial charge is 0.465 e. The zero-order chi connectivity index (χ0) is 12.9. The van der Waals surface area contributed by atoms with Crippen LogP contribution in [-0.2, 0) is 4.74 Å². The molecule has 16 heavy (non-hydrogen) atoms. The number of hydrogen-bond acceptors (Lipinski definition) is 3. The van der Waals surface area contributed by atoms with Gasteiger partial charge in [-0.1, -0.05) is 0 Å². The molecule has 0 aliphatic heterocycles. The molecule has 5 heteroatoms. The smallest absolute Gasteiger partial charge is 0.408 e. The summed E-state index contributed by atoms with van der Waals surface area (Å²) >= 11 is 0. The van der Waals surface area contributed by atoms with Gasteiger partial charge in [-0.05, 0) is 34.6 Å². The molecule has 96 valence electrons. The van der Waals surface area contributed by atoms with Crippen LogP contribution < -0.4 is 5.73 Å². The van der Waals surface area contributed by atoms with Gasteiger partial charge >= 0.3 is 6.09 Å². The van der Waals surface area contributed by atoms with Crippen molar-refractivity contribution in [2.45, 2.75) is 52.2 Å². The highest BCUT2D eigenvalue weighted by molar-refractivity contribution is 5.66. The summed E-state index contributed by atoms with van der Waals surface area (Å²) in [6.45, 7) is 10.1. The standard InChI is InChI=1S/C11H24N2O3/c1-6-16-7-9(8(2)12)13(10(14)15)11(3,4)5/h8-9H,6-7,12H2,1-5H3,(H,14,15)/t8-,9+/m1/s1. The lowest BCUT2D eigenvalue weighted by Gasteiger charge is -2.41. The molecule has 0 radical (unpaired) electrons. The molecule has 0 saturated heterocycles. The van der Waals surface area contributed by atoms with E-state index in [2.05, 4.69) is 0 Å². The van der Waals surface area contributed by atoms with Gasteiger partial charge in [0, 0.05) is 18.2 Å². The second kappa shape index (κ2) is 6.06. The molecule has 0 aliphatic rings. The minimum Gasteiger partial charge on any atom is -0.465 e. The van der Waals surface area contributed by atoms with Gasteiger partial charge < -0.3 is 15.6 Å². The van der Waals surface area contributed by atoms with Crippen LogP contribution in [0.4, 0.5) is 4.79 Å². The third kappa shape index (κ3) is 4.37. The lowest BCUT2D eigenvalue weighted by molar-refractivity contribution is 0.0160. The first-order chi connectivity index (χ1) is 7.21. The maximum absolute atomic E-state index is 11.3. The molecule has 0 rings (SSSR count). The molecule has 1 amide bonds. The quantitative estimate of drug-likeness (QED) is 0.753. The Balaban J connectivity index is 4.88. The van der Waals surface area contributed by atoms with Gasteiger partial charge in [-0.3, -0.25) is 4.90 Å². The van der Waals surface area contributed by atoms with Crippen LogP contribution in [0.25, 0.3) is 0 Å². The molecule has 5 nitrogen and oxygen atoms in total. The summed E-state index contributed by atoms with van der Waals surface area (Å²) in [6.07, 6.45) is -0.963. The molecule has 0 aromatic carbocycles. The lowest BCUT2D eigenvalue weighted by atomic mass is 10.0. The highest BCUT2D eigenvalue weighted by Crippen LogP contribution is 2.19. The number of rotatable bonds is 5. The number of carboxylic acid groups (broad SMARTS) is 1. The van der Waals surface area contributed by atoms with Crippen LogP contribution >= 0.6 is 0 Å². The zero-order valence-electron chi connectivity index (χ0n) is 10.9. The first kappa shape index (κ1) is 15.2. The molecule has 0 spiro atoms. The van der Waals surface area contributed by atoms with E-state index >= 15 is 0 Å². The second-order valence-corrected chi connectivity index (χ2v) is 4.91. The van der Waals surface area contributed by atoms with Gasteiger partial charge in [0.2, 0.25) is 0 Å². The molecule has 0 heterocycles. The van der Waals surface area contributed by atoms with Crippen LogP contribution in [0.5, 0.6) is 0 Å². The number of nitrogens with two attached hydrogens (primary N) is 1. The molecule has 2 atom stereocenters. The summed E-state index contributed by atoms with van der Waals surface area (Å²) < 4.78 is 5.30. The van der Waals surface area contributed by atoms with Gasteiger partial charge in [0.1, 0.15) is 0 Å². The Hall–Kier alpha value is -0.810. The summed E-state index contributed by atoms with van der Waals surface area (Å²) in [5.74, 6) is 0. The molecule has 0 aromatic rings. The van der Waals surface area contributed by atoms with Crippen molar-refractivity contribution < 1.29 is 14.6 Å². The Morgan fingerprint density at radius 3 is 2.25 bits per heavy atom. The van der Waals surface area contributed by atoms with E-state index in [1.54, 1.807) is 6.92 Å². The monoisotopic (exact) mass is 232 g/mol. The molecular weight excluding hydrogens is 208 g/mol. The van der Waals surface area contributed by atoms with Crippen LogP contribution in [0.3, 0.4) is 0 Å². The van der Waals surface area contributed by atoms with E-state index in [-0.39, 0.29) is 12.1 Å². The van der Waals surface area contributed by atoms with Crippen molar-refractivity contribution in [3.63, 3.8) is 0 Å². The fourth-order valence-electron chi connectivity index (χ4n) is 1.63. The SMILES string of the molecule is CCOC[C@@H]([C@@H](C)N)N(C(=O)O)C(C)(C)C. The van der Waals surface area contributed by atoms with E-state index in [1.807, 2.05) is 27.7 Å². The first-order valence-electron chi connectivity index (χ1n) is 5.57. The molecule has 0 aromatic heterocycles. The van der Waals surface area contributed by atoms with E-state index in [0.29, 0.717) is 13.2 Å². The minimum atomic E-state index is -0.963. The van der Waals surface area contributed by atoms with Gasteiger partial charge in [0.05, 0.1) is 12.6 Å².